The number of benzene rings is 2. The highest BCUT2D eigenvalue weighted by molar-refractivity contribution is 6.32. The second kappa shape index (κ2) is 7.57. The molecule has 0 aromatic heterocycles. The average Bonchev–Trinajstić information content (AvgIpc) is 3.03. The van der Waals surface area contributed by atoms with E-state index in [0.717, 1.165) is 18.7 Å². The van der Waals surface area contributed by atoms with Crippen LogP contribution < -0.4 is 15.0 Å². The molecule has 2 amide bonds. The number of hydrogen-bond acceptors (Lipinski definition) is 3. The summed E-state index contributed by atoms with van der Waals surface area (Å²) in [6.07, 6.45) is 0.781. The van der Waals surface area contributed by atoms with Gasteiger partial charge in [-0.05, 0) is 49.7 Å². The van der Waals surface area contributed by atoms with Crippen LogP contribution in [0.25, 0.3) is 0 Å². The van der Waals surface area contributed by atoms with Crippen LogP contribution in [0.2, 0.25) is 5.02 Å². The molecule has 2 aromatic carbocycles. The van der Waals surface area contributed by atoms with Gasteiger partial charge in [-0.15, -0.1) is 0 Å². The van der Waals surface area contributed by atoms with Crippen molar-refractivity contribution in [2.45, 2.75) is 25.9 Å². The van der Waals surface area contributed by atoms with Gasteiger partial charge in [0, 0.05) is 24.3 Å². The lowest BCUT2D eigenvalue weighted by atomic mass is 10.2. The van der Waals surface area contributed by atoms with Crippen LogP contribution in [0.4, 0.5) is 11.4 Å². The molecular formula is C19H19ClN2O3. The molecule has 130 valence electrons. The predicted octanol–water partition coefficient (Wildman–Crippen LogP) is 3.87. The molecule has 1 N–H and O–H groups in total. The maximum Gasteiger partial charge on any atom is 0.265 e. The molecule has 1 saturated heterocycles. The number of carbonyl (C=O) groups is 2. The van der Waals surface area contributed by atoms with Crippen LogP contribution in [0.3, 0.4) is 0 Å². The number of nitrogens with zero attached hydrogens (tertiary/aromatic N) is 1. The molecule has 0 radical (unpaired) electrons. The van der Waals surface area contributed by atoms with E-state index in [-0.39, 0.29) is 11.8 Å². The molecule has 6 heteroatoms. The Labute approximate surface area is 151 Å². The molecule has 0 bridgehead atoms. The highest BCUT2D eigenvalue weighted by Gasteiger charge is 2.21. The molecule has 1 fully saturated rings. The molecule has 0 unspecified atom stereocenters. The van der Waals surface area contributed by atoms with Gasteiger partial charge < -0.3 is 15.0 Å². The van der Waals surface area contributed by atoms with E-state index < -0.39 is 6.10 Å². The van der Waals surface area contributed by atoms with Gasteiger partial charge in [0.25, 0.3) is 5.91 Å². The first-order valence-corrected chi connectivity index (χ1v) is 8.55. The highest BCUT2D eigenvalue weighted by atomic mass is 35.5. The zero-order valence-electron chi connectivity index (χ0n) is 13.9. The first-order valence-electron chi connectivity index (χ1n) is 8.17. The van der Waals surface area contributed by atoms with Crippen molar-refractivity contribution >= 4 is 34.8 Å². The van der Waals surface area contributed by atoms with Gasteiger partial charge in [0.1, 0.15) is 5.75 Å². The second-order valence-electron chi connectivity index (χ2n) is 5.88. The zero-order valence-corrected chi connectivity index (χ0v) is 14.6. The molecule has 5 nitrogen and oxygen atoms in total. The summed E-state index contributed by atoms with van der Waals surface area (Å²) in [7, 11) is 0. The summed E-state index contributed by atoms with van der Waals surface area (Å²) in [4.78, 5) is 25.8. The van der Waals surface area contributed by atoms with E-state index in [0.29, 0.717) is 22.9 Å². The van der Waals surface area contributed by atoms with Crippen LogP contribution in [0, 0.1) is 0 Å². The van der Waals surface area contributed by atoms with Crippen molar-refractivity contribution < 1.29 is 14.3 Å². The minimum atomic E-state index is -0.695. The Balaban J connectivity index is 1.60. The van der Waals surface area contributed by atoms with Crippen molar-refractivity contribution in [3.8, 4) is 5.75 Å². The first kappa shape index (κ1) is 17.3. The van der Waals surface area contributed by atoms with E-state index in [4.69, 9.17) is 16.3 Å². The molecule has 1 heterocycles. The summed E-state index contributed by atoms with van der Waals surface area (Å²) < 4.78 is 5.60. The number of nitrogens with one attached hydrogen (secondary N) is 1. The second-order valence-corrected chi connectivity index (χ2v) is 6.28. The Morgan fingerprint density at radius 1 is 1.20 bits per heavy atom. The molecule has 1 aliphatic rings. The van der Waals surface area contributed by atoms with Gasteiger partial charge in [-0.2, -0.15) is 0 Å². The number of rotatable bonds is 5. The Bertz CT molecular complexity index is 776. The van der Waals surface area contributed by atoms with E-state index in [2.05, 4.69) is 5.32 Å². The van der Waals surface area contributed by atoms with Gasteiger partial charge in [0.15, 0.2) is 6.10 Å². The quantitative estimate of drug-likeness (QED) is 0.882. The van der Waals surface area contributed by atoms with E-state index in [1.807, 2.05) is 12.1 Å². The Hall–Kier alpha value is -2.53. The minimum Gasteiger partial charge on any atom is -0.479 e. The van der Waals surface area contributed by atoms with Crippen molar-refractivity contribution in [2.24, 2.45) is 0 Å². The lowest BCUT2D eigenvalue weighted by Gasteiger charge is -2.17. The number of carbonyl (C=O) groups excluding carboxylic acids is 2. The van der Waals surface area contributed by atoms with Crippen LogP contribution in [0.15, 0.2) is 48.5 Å². The normalized spacial score (nSPS) is 15.1. The smallest absolute Gasteiger partial charge is 0.265 e. The minimum absolute atomic E-state index is 0.138. The van der Waals surface area contributed by atoms with Gasteiger partial charge in [-0.3, -0.25) is 9.59 Å². The molecular weight excluding hydrogens is 340 g/mol. The maximum atomic E-state index is 12.3. The lowest BCUT2D eigenvalue weighted by Crippen LogP contribution is -2.30. The van der Waals surface area contributed by atoms with Crippen molar-refractivity contribution in [3.63, 3.8) is 0 Å². The summed E-state index contributed by atoms with van der Waals surface area (Å²) in [6.45, 7) is 2.41. The standard InChI is InChI=1S/C19H19ClN2O3/c1-13(25-17-6-3-2-5-16(17)20)19(24)21-14-8-10-15(11-9-14)22-12-4-7-18(22)23/h2-3,5-6,8-11,13H,4,7,12H2,1H3,(H,21,24)/t13-/m1/s1. The van der Waals surface area contributed by atoms with Crippen molar-refractivity contribution in [1.29, 1.82) is 0 Å². The van der Waals surface area contributed by atoms with Crippen LogP contribution in [0.1, 0.15) is 19.8 Å². The summed E-state index contributed by atoms with van der Waals surface area (Å²) >= 11 is 6.04. The maximum absolute atomic E-state index is 12.3. The average molecular weight is 359 g/mol. The topological polar surface area (TPSA) is 58.6 Å². The van der Waals surface area contributed by atoms with Crippen molar-refractivity contribution in [1.82, 2.24) is 0 Å². The zero-order chi connectivity index (χ0) is 17.8. The molecule has 0 spiro atoms. The van der Waals surface area contributed by atoms with E-state index in [9.17, 15) is 9.59 Å². The first-order chi connectivity index (χ1) is 12.0. The predicted molar refractivity (Wildman–Crippen MR) is 98.2 cm³/mol. The van der Waals surface area contributed by atoms with E-state index in [1.54, 1.807) is 48.2 Å². The Kier molecular flexibility index (Phi) is 5.24. The number of anilines is 2. The fraction of sp³-hybridized carbons (Fsp3) is 0.263. The van der Waals surface area contributed by atoms with Crippen molar-refractivity contribution in [2.75, 3.05) is 16.8 Å². The third-order valence-electron chi connectivity index (χ3n) is 4.03. The fourth-order valence-corrected chi connectivity index (χ4v) is 2.85. The van der Waals surface area contributed by atoms with Crippen molar-refractivity contribution in [3.05, 3.63) is 53.6 Å². The van der Waals surface area contributed by atoms with Gasteiger partial charge in [0.2, 0.25) is 5.91 Å². The van der Waals surface area contributed by atoms with Crippen LogP contribution in [-0.2, 0) is 9.59 Å². The molecule has 0 saturated carbocycles. The fourth-order valence-electron chi connectivity index (χ4n) is 2.67. The summed E-state index contributed by atoms with van der Waals surface area (Å²) in [5.41, 5.74) is 1.50. The Morgan fingerprint density at radius 2 is 1.92 bits per heavy atom. The van der Waals surface area contributed by atoms with Gasteiger partial charge >= 0.3 is 0 Å². The number of para-hydroxylation sites is 1. The number of hydrogen-bond donors (Lipinski definition) is 1. The summed E-state index contributed by atoms with van der Waals surface area (Å²) in [6, 6.07) is 14.2. The van der Waals surface area contributed by atoms with Crippen LogP contribution in [0.5, 0.6) is 5.75 Å². The Morgan fingerprint density at radius 3 is 2.56 bits per heavy atom. The molecule has 1 atom stereocenters. The number of amides is 2. The third-order valence-corrected chi connectivity index (χ3v) is 4.34. The monoisotopic (exact) mass is 358 g/mol. The molecule has 25 heavy (non-hydrogen) atoms. The van der Waals surface area contributed by atoms with Crippen LogP contribution >= 0.6 is 11.6 Å². The highest BCUT2D eigenvalue weighted by Crippen LogP contribution is 2.25. The lowest BCUT2D eigenvalue weighted by molar-refractivity contribution is -0.122. The molecule has 2 aromatic rings. The van der Waals surface area contributed by atoms with Gasteiger partial charge in [-0.1, -0.05) is 23.7 Å². The molecule has 1 aliphatic heterocycles. The van der Waals surface area contributed by atoms with Gasteiger partial charge in [-0.25, -0.2) is 0 Å². The molecule has 0 aliphatic carbocycles. The summed E-state index contributed by atoms with van der Waals surface area (Å²) in [5, 5.41) is 3.26. The molecule has 3 rings (SSSR count). The number of ether oxygens (including phenoxy) is 1. The van der Waals surface area contributed by atoms with Crippen LogP contribution in [-0.4, -0.2) is 24.5 Å². The largest absolute Gasteiger partial charge is 0.479 e. The third kappa shape index (κ3) is 4.12. The summed E-state index contributed by atoms with van der Waals surface area (Å²) in [5.74, 6) is 0.332. The van der Waals surface area contributed by atoms with E-state index >= 15 is 0 Å². The number of halogens is 1. The van der Waals surface area contributed by atoms with Gasteiger partial charge in [0.05, 0.1) is 5.02 Å². The SMILES string of the molecule is C[C@@H](Oc1ccccc1Cl)C(=O)Nc1ccc(N2CCCC2=O)cc1. The van der Waals surface area contributed by atoms with E-state index in [1.165, 1.54) is 0 Å².